The Morgan fingerprint density at radius 3 is 2.26 bits per heavy atom. The van der Waals surface area contributed by atoms with Crippen molar-refractivity contribution >= 4 is 12.0 Å². The van der Waals surface area contributed by atoms with Crippen molar-refractivity contribution < 1.29 is 19.4 Å². The van der Waals surface area contributed by atoms with Gasteiger partial charge in [0.2, 0.25) is 0 Å². The van der Waals surface area contributed by atoms with Crippen LogP contribution in [0.4, 0.5) is 4.79 Å². The van der Waals surface area contributed by atoms with E-state index in [2.05, 4.69) is 13.8 Å². The molecule has 2 aliphatic heterocycles. The lowest BCUT2D eigenvalue weighted by atomic mass is 9.73. The number of piperidine rings is 1. The van der Waals surface area contributed by atoms with E-state index >= 15 is 0 Å². The normalized spacial score (nSPS) is 23.9. The highest BCUT2D eigenvalue weighted by Gasteiger charge is 2.44. The second-order valence-corrected chi connectivity index (χ2v) is 7.97. The van der Waals surface area contributed by atoms with Gasteiger partial charge in [-0.3, -0.25) is 4.79 Å². The van der Waals surface area contributed by atoms with Crippen LogP contribution in [0.2, 0.25) is 0 Å². The van der Waals surface area contributed by atoms with Crippen molar-refractivity contribution in [3.63, 3.8) is 0 Å². The van der Waals surface area contributed by atoms with Crippen LogP contribution in [0.5, 0.6) is 0 Å². The fraction of sp³-hybridized carbons (Fsp3) is 0.882. The zero-order valence-corrected chi connectivity index (χ0v) is 14.8. The first-order valence-corrected chi connectivity index (χ1v) is 8.56. The van der Waals surface area contributed by atoms with Crippen LogP contribution < -0.4 is 0 Å². The van der Waals surface area contributed by atoms with Crippen LogP contribution in [-0.4, -0.2) is 65.3 Å². The van der Waals surface area contributed by atoms with Crippen molar-refractivity contribution in [1.82, 2.24) is 9.80 Å². The SMILES string of the molecule is CC(C)CC1(C(=O)O)CCN(C(=O)N2CCOCC2(C)C)CC1. The van der Waals surface area contributed by atoms with Gasteiger partial charge >= 0.3 is 12.0 Å². The number of hydrogen-bond acceptors (Lipinski definition) is 3. The quantitative estimate of drug-likeness (QED) is 0.865. The molecular formula is C17H30N2O4. The van der Waals surface area contributed by atoms with Crippen LogP contribution in [0.3, 0.4) is 0 Å². The molecule has 0 radical (unpaired) electrons. The summed E-state index contributed by atoms with van der Waals surface area (Å²) in [5, 5.41) is 9.66. The van der Waals surface area contributed by atoms with Gasteiger partial charge in [-0.2, -0.15) is 0 Å². The van der Waals surface area contributed by atoms with E-state index in [0.717, 1.165) is 0 Å². The Bertz CT molecular complexity index is 454. The number of morpholine rings is 1. The van der Waals surface area contributed by atoms with E-state index in [1.807, 2.05) is 23.6 Å². The number of carbonyl (C=O) groups is 2. The van der Waals surface area contributed by atoms with Gasteiger partial charge in [0.05, 0.1) is 24.2 Å². The maximum absolute atomic E-state index is 12.8. The molecule has 0 aromatic carbocycles. The van der Waals surface area contributed by atoms with Crippen LogP contribution in [0.25, 0.3) is 0 Å². The average molecular weight is 326 g/mol. The average Bonchev–Trinajstić information content (AvgIpc) is 2.46. The molecule has 0 aromatic rings. The third-order valence-corrected chi connectivity index (χ3v) is 5.12. The first-order chi connectivity index (χ1) is 10.7. The Morgan fingerprint density at radius 1 is 1.17 bits per heavy atom. The molecule has 0 saturated carbocycles. The van der Waals surface area contributed by atoms with E-state index in [1.165, 1.54) is 0 Å². The summed E-state index contributed by atoms with van der Waals surface area (Å²) in [5.74, 6) is -0.378. The number of urea groups is 1. The Hall–Kier alpha value is -1.30. The summed E-state index contributed by atoms with van der Waals surface area (Å²) >= 11 is 0. The van der Waals surface area contributed by atoms with E-state index < -0.39 is 11.4 Å². The molecule has 0 bridgehead atoms. The topological polar surface area (TPSA) is 70.1 Å². The summed E-state index contributed by atoms with van der Waals surface area (Å²) in [6.45, 7) is 10.9. The highest BCUT2D eigenvalue weighted by Crippen LogP contribution is 2.38. The van der Waals surface area contributed by atoms with Gasteiger partial charge in [-0.1, -0.05) is 13.8 Å². The Morgan fingerprint density at radius 2 is 1.78 bits per heavy atom. The zero-order valence-electron chi connectivity index (χ0n) is 14.8. The Kier molecular flexibility index (Phi) is 5.23. The van der Waals surface area contributed by atoms with E-state index in [1.54, 1.807) is 0 Å². The standard InChI is InChI=1S/C17H30N2O4/c1-13(2)11-17(14(20)21)5-7-18(8-6-17)15(22)19-9-10-23-12-16(19,3)4/h13H,5-12H2,1-4H3,(H,20,21). The number of nitrogens with zero attached hydrogens (tertiary/aromatic N) is 2. The van der Waals surface area contributed by atoms with Crippen LogP contribution in [0, 0.1) is 11.3 Å². The molecule has 0 spiro atoms. The van der Waals surface area contributed by atoms with Crippen LogP contribution in [0.1, 0.15) is 47.0 Å². The molecule has 2 rings (SSSR count). The number of hydrogen-bond donors (Lipinski definition) is 1. The van der Waals surface area contributed by atoms with E-state index in [9.17, 15) is 14.7 Å². The van der Waals surface area contributed by atoms with Crippen molar-refractivity contribution in [1.29, 1.82) is 0 Å². The number of carbonyl (C=O) groups excluding carboxylic acids is 1. The van der Waals surface area contributed by atoms with E-state index in [4.69, 9.17) is 4.74 Å². The molecule has 0 aliphatic carbocycles. The number of rotatable bonds is 3. The molecule has 6 nitrogen and oxygen atoms in total. The summed E-state index contributed by atoms with van der Waals surface area (Å²) < 4.78 is 5.47. The molecule has 132 valence electrons. The lowest BCUT2D eigenvalue weighted by Gasteiger charge is -2.46. The van der Waals surface area contributed by atoms with Gasteiger partial charge in [0, 0.05) is 19.6 Å². The number of likely N-dealkylation sites (tertiary alicyclic amines) is 1. The zero-order chi connectivity index (χ0) is 17.3. The maximum Gasteiger partial charge on any atom is 0.320 e. The molecule has 0 unspecified atom stereocenters. The number of carboxylic acids is 1. The summed E-state index contributed by atoms with van der Waals surface area (Å²) in [5.41, 5.74) is -0.986. The third-order valence-electron chi connectivity index (χ3n) is 5.12. The van der Waals surface area contributed by atoms with Crippen LogP contribution >= 0.6 is 0 Å². The maximum atomic E-state index is 12.8. The summed E-state index contributed by atoms with van der Waals surface area (Å²) in [7, 11) is 0. The molecule has 2 saturated heterocycles. The molecule has 1 N–H and O–H groups in total. The van der Waals surface area contributed by atoms with Crippen molar-refractivity contribution in [2.45, 2.75) is 52.5 Å². The van der Waals surface area contributed by atoms with Gasteiger partial charge in [0.15, 0.2) is 0 Å². The predicted octanol–water partition coefficient (Wildman–Crippen LogP) is 2.43. The first-order valence-electron chi connectivity index (χ1n) is 8.56. The molecule has 0 atom stereocenters. The highest BCUT2D eigenvalue weighted by molar-refractivity contribution is 5.78. The highest BCUT2D eigenvalue weighted by atomic mass is 16.5. The molecule has 2 aliphatic rings. The number of carboxylic acid groups (broad SMARTS) is 1. The predicted molar refractivity (Wildman–Crippen MR) is 87.3 cm³/mol. The second-order valence-electron chi connectivity index (χ2n) is 7.97. The molecule has 23 heavy (non-hydrogen) atoms. The van der Waals surface area contributed by atoms with Crippen molar-refractivity contribution in [3.05, 3.63) is 0 Å². The molecule has 6 heteroatoms. The van der Waals surface area contributed by atoms with Gasteiger partial charge in [-0.15, -0.1) is 0 Å². The van der Waals surface area contributed by atoms with Crippen LogP contribution in [-0.2, 0) is 9.53 Å². The molecule has 0 aromatic heterocycles. The minimum absolute atomic E-state index is 0.0156. The van der Waals surface area contributed by atoms with Crippen molar-refractivity contribution in [2.24, 2.45) is 11.3 Å². The summed E-state index contributed by atoms with van der Waals surface area (Å²) in [6.07, 6.45) is 1.75. The summed E-state index contributed by atoms with van der Waals surface area (Å²) in [4.78, 5) is 28.3. The monoisotopic (exact) mass is 326 g/mol. The van der Waals surface area contributed by atoms with Gasteiger partial charge in [-0.05, 0) is 39.0 Å². The second kappa shape index (κ2) is 6.67. The fourth-order valence-corrected chi connectivity index (χ4v) is 3.80. The van der Waals surface area contributed by atoms with Crippen LogP contribution in [0.15, 0.2) is 0 Å². The molecule has 2 amide bonds. The van der Waals surface area contributed by atoms with Gasteiger partial charge < -0.3 is 19.6 Å². The lowest BCUT2D eigenvalue weighted by molar-refractivity contribution is -0.153. The number of amides is 2. The fourth-order valence-electron chi connectivity index (χ4n) is 3.80. The van der Waals surface area contributed by atoms with Gasteiger partial charge in [-0.25, -0.2) is 4.79 Å². The smallest absolute Gasteiger partial charge is 0.320 e. The first kappa shape index (κ1) is 18.0. The largest absolute Gasteiger partial charge is 0.481 e. The third kappa shape index (κ3) is 3.79. The number of aliphatic carboxylic acids is 1. The van der Waals surface area contributed by atoms with Gasteiger partial charge in [0.1, 0.15) is 0 Å². The molecule has 2 heterocycles. The van der Waals surface area contributed by atoms with E-state index in [-0.39, 0.29) is 11.6 Å². The minimum atomic E-state index is -0.718. The Balaban J connectivity index is 2.03. The van der Waals surface area contributed by atoms with Crippen molar-refractivity contribution in [2.75, 3.05) is 32.8 Å². The summed E-state index contributed by atoms with van der Waals surface area (Å²) in [6, 6.07) is 0.0156. The lowest BCUT2D eigenvalue weighted by Crippen LogP contribution is -2.60. The molecular weight excluding hydrogens is 296 g/mol. The minimum Gasteiger partial charge on any atom is -0.481 e. The van der Waals surface area contributed by atoms with Crippen molar-refractivity contribution in [3.8, 4) is 0 Å². The molecule has 2 fully saturated rings. The van der Waals surface area contributed by atoms with E-state index in [0.29, 0.717) is 58.0 Å². The Labute approximate surface area is 138 Å². The number of ether oxygens (including phenoxy) is 1. The van der Waals surface area contributed by atoms with Gasteiger partial charge in [0.25, 0.3) is 0 Å².